The van der Waals surface area contributed by atoms with E-state index < -0.39 is 5.54 Å². The Morgan fingerprint density at radius 2 is 1.45 bits per heavy atom. The lowest BCUT2D eigenvalue weighted by molar-refractivity contribution is -0.137. The second kappa shape index (κ2) is 5.09. The van der Waals surface area contributed by atoms with Crippen LogP contribution in [0.25, 0.3) is 0 Å². The third kappa shape index (κ3) is 3.35. The predicted molar refractivity (Wildman–Crippen MR) is 90.4 cm³/mol. The first-order chi connectivity index (χ1) is 9.84. The zero-order valence-corrected chi connectivity index (χ0v) is 15.0. The molecule has 0 atom stereocenters. The van der Waals surface area contributed by atoms with Crippen LogP contribution in [0.3, 0.4) is 0 Å². The molecule has 122 valence electrons. The van der Waals surface area contributed by atoms with Crippen molar-refractivity contribution in [2.75, 3.05) is 0 Å². The van der Waals surface area contributed by atoms with E-state index in [-0.39, 0.29) is 16.8 Å². The number of hydrogen-bond acceptors (Lipinski definition) is 3. The fraction of sp³-hybridized carbons (Fsp3) is 0.632. The van der Waals surface area contributed by atoms with E-state index in [4.69, 9.17) is 10.5 Å². The van der Waals surface area contributed by atoms with Gasteiger partial charge in [0.05, 0.1) is 0 Å². The summed E-state index contributed by atoms with van der Waals surface area (Å²) in [7, 11) is 0. The summed E-state index contributed by atoms with van der Waals surface area (Å²) in [6.07, 6.45) is 1.43. The van der Waals surface area contributed by atoms with Gasteiger partial charge in [-0.1, -0.05) is 59.2 Å². The molecule has 0 unspecified atom stereocenters. The average molecular weight is 303 g/mol. The molecule has 2 N–H and O–H groups in total. The van der Waals surface area contributed by atoms with Crippen LogP contribution >= 0.6 is 0 Å². The van der Waals surface area contributed by atoms with Crippen molar-refractivity contribution in [1.82, 2.24) is 0 Å². The molecule has 3 heteroatoms. The smallest absolute Gasteiger partial charge is 0.331 e. The summed E-state index contributed by atoms with van der Waals surface area (Å²) in [6.45, 7) is 14.9. The van der Waals surface area contributed by atoms with Crippen LogP contribution in [0.15, 0.2) is 12.1 Å². The molecule has 3 nitrogen and oxygen atoms in total. The van der Waals surface area contributed by atoms with Gasteiger partial charge in [0.15, 0.2) is 0 Å². The van der Waals surface area contributed by atoms with E-state index in [0.29, 0.717) is 18.6 Å². The first-order valence-corrected chi connectivity index (χ1v) is 8.01. The number of nitrogens with two attached hydrogens (primary N) is 1. The SMILES string of the molecule is Cc1cc(C(C)(C)C)c(OC(=O)C2(N)CC2)c(C(C)(C)C)c1. The van der Waals surface area contributed by atoms with Crippen LogP contribution in [-0.2, 0) is 15.6 Å². The van der Waals surface area contributed by atoms with Crippen LogP contribution in [0.5, 0.6) is 5.75 Å². The predicted octanol–water partition coefficient (Wildman–Crippen LogP) is 3.99. The van der Waals surface area contributed by atoms with Crippen molar-refractivity contribution in [1.29, 1.82) is 0 Å². The maximum absolute atomic E-state index is 12.4. The van der Waals surface area contributed by atoms with Gasteiger partial charge in [0.25, 0.3) is 0 Å². The van der Waals surface area contributed by atoms with Gasteiger partial charge >= 0.3 is 5.97 Å². The molecule has 0 aliphatic heterocycles. The molecule has 1 fully saturated rings. The third-order valence-electron chi connectivity index (χ3n) is 4.24. The van der Waals surface area contributed by atoms with Crippen LogP contribution in [0, 0.1) is 6.92 Å². The van der Waals surface area contributed by atoms with E-state index in [0.717, 1.165) is 11.1 Å². The Labute approximate surface area is 134 Å². The van der Waals surface area contributed by atoms with Crippen molar-refractivity contribution in [3.05, 3.63) is 28.8 Å². The molecule has 1 aliphatic rings. The highest BCUT2D eigenvalue weighted by Gasteiger charge is 2.48. The summed E-state index contributed by atoms with van der Waals surface area (Å²) >= 11 is 0. The second-order valence-electron chi connectivity index (χ2n) is 8.73. The average Bonchev–Trinajstić information content (AvgIpc) is 3.07. The van der Waals surface area contributed by atoms with Crippen LogP contribution in [0.4, 0.5) is 0 Å². The highest BCUT2D eigenvalue weighted by Crippen LogP contribution is 2.42. The first kappa shape index (κ1) is 17.0. The normalized spacial score (nSPS) is 17.3. The standard InChI is InChI=1S/C19H29NO2/c1-12-10-13(17(2,3)4)15(14(11-12)18(5,6)7)22-16(21)19(20)8-9-19/h10-11H,8-9,20H2,1-7H3. The topological polar surface area (TPSA) is 52.3 Å². The van der Waals surface area contributed by atoms with Gasteiger partial charge in [0.2, 0.25) is 0 Å². The van der Waals surface area contributed by atoms with Gasteiger partial charge in [-0.05, 0) is 30.6 Å². The number of carbonyl (C=O) groups excluding carboxylic acids is 1. The lowest BCUT2D eigenvalue weighted by Crippen LogP contribution is -2.37. The number of aryl methyl sites for hydroxylation is 1. The van der Waals surface area contributed by atoms with Crippen LogP contribution in [-0.4, -0.2) is 11.5 Å². The minimum absolute atomic E-state index is 0.104. The number of rotatable bonds is 2. The Balaban J connectivity index is 2.59. The van der Waals surface area contributed by atoms with Crippen LogP contribution in [0.1, 0.15) is 71.1 Å². The summed E-state index contributed by atoms with van der Waals surface area (Å²) in [6, 6.07) is 4.24. The maximum Gasteiger partial charge on any atom is 0.331 e. The molecule has 0 heterocycles. The summed E-state index contributed by atoms with van der Waals surface area (Å²) in [5.74, 6) is 0.402. The molecule has 0 radical (unpaired) electrons. The quantitative estimate of drug-likeness (QED) is 0.664. The van der Waals surface area contributed by atoms with Gasteiger partial charge in [-0.2, -0.15) is 0 Å². The summed E-state index contributed by atoms with van der Waals surface area (Å²) in [5, 5.41) is 0. The molecule has 0 amide bonds. The molecule has 0 bridgehead atoms. The first-order valence-electron chi connectivity index (χ1n) is 8.01. The lowest BCUT2D eigenvalue weighted by atomic mass is 9.78. The molecule has 0 aromatic heterocycles. The summed E-state index contributed by atoms with van der Waals surface area (Å²) in [4.78, 5) is 12.4. The molecule has 0 saturated heterocycles. The third-order valence-corrected chi connectivity index (χ3v) is 4.24. The molecular weight excluding hydrogens is 274 g/mol. The highest BCUT2D eigenvalue weighted by atomic mass is 16.5. The zero-order chi connectivity index (χ0) is 16.9. The summed E-state index contributed by atoms with van der Waals surface area (Å²) in [5.41, 5.74) is 8.35. The summed E-state index contributed by atoms with van der Waals surface area (Å²) < 4.78 is 5.85. The molecule has 1 aromatic rings. The van der Waals surface area contributed by atoms with Crippen molar-refractivity contribution < 1.29 is 9.53 Å². The number of benzene rings is 1. The van der Waals surface area contributed by atoms with Crippen LogP contribution < -0.4 is 10.5 Å². The number of ether oxygens (including phenoxy) is 1. The van der Waals surface area contributed by atoms with E-state index in [1.165, 1.54) is 5.56 Å². The number of hydrogen-bond donors (Lipinski definition) is 1. The van der Waals surface area contributed by atoms with E-state index in [1.54, 1.807) is 0 Å². The Hall–Kier alpha value is -1.35. The van der Waals surface area contributed by atoms with Gasteiger partial charge < -0.3 is 10.5 Å². The molecule has 22 heavy (non-hydrogen) atoms. The molecule has 1 aromatic carbocycles. The number of carbonyl (C=O) groups is 1. The Kier molecular flexibility index (Phi) is 3.93. The molecular formula is C19H29NO2. The van der Waals surface area contributed by atoms with Crippen molar-refractivity contribution in [2.45, 2.75) is 77.7 Å². The van der Waals surface area contributed by atoms with E-state index in [1.807, 2.05) is 0 Å². The van der Waals surface area contributed by atoms with Gasteiger partial charge in [0, 0.05) is 11.1 Å². The Bertz CT molecular complexity index is 564. The number of esters is 1. The van der Waals surface area contributed by atoms with Crippen molar-refractivity contribution in [3.63, 3.8) is 0 Å². The monoisotopic (exact) mass is 303 g/mol. The largest absolute Gasteiger partial charge is 0.425 e. The van der Waals surface area contributed by atoms with Gasteiger partial charge in [-0.3, -0.25) is 0 Å². The van der Waals surface area contributed by atoms with E-state index in [2.05, 4.69) is 60.6 Å². The fourth-order valence-corrected chi connectivity index (χ4v) is 2.53. The molecule has 1 aliphatic carbocycles. The maximum atomic E-state index is 12.4. The highest BCUT2D eigenvalue weighted by molar-refractivity contribution is 5.86. The van der Waals surface area contributed by atoms with E-state index >= 15 is 0 Å². The van der Waals surface area contributed by atoms with Crippen LogP contribution in [0.2, 0.25) is 0 Å². The van der Waals surface area contributed by atoms with Crippen molar-refractivity contribution in [2.24, 2.45) is 5.73 Å². The second-order valence-corrected chi connectivity index (χ2v) is 8.73. The van der Waals surface area contributed by atoms with E-state index in [9.17, 15) is 4.79 Å². The molecule has 0 spiro atoms. The van der Waals surface area contributed by atoms with Crippen molar-refractivity contribution >= 4 is 5.97 Å². The fourth-order valence-electron chi connectivity index (χ4n) is 2.53. The van der Waals surface area contributed by atoms with Crippen molar-refractivity contribution in [3.8, 4) is 5.75 Å². The molecule has 2 rings (SSSR count). The molecule has 1 saturated carbocycles. The minimum Gasteiger partial charge on any atom is -0.425 e. The Morgan fingerprint density at radius 3 is 1.77 bits per heavy atom. The minimum atomic E-state index is -0.769. The van der Waals surface area contributed by atoms with Gasteiger partial charge in [-0.15, -0.1) is 0 Å². The van der Waals surface area contributed by atoms with Gasteiger partial charge in [0.1, 0.15) is 11.3 Å². The van der Waals surface area contributed by atoms with Gasteiger partial charge in [-0.25, -0.2) is 4.79 Å². The Morgan fingerprint density at radius 1 is 1.05 bits per heavy atom. The zero-order valence-electron chi connectivity index (χ0n) is 15.0. The lowest BCUT2D eigenvalue weighted by Gasteiger charge is -2.30.